The molecule has 1 heterocycles. The minimum Gasteiger partial charge on any atom is -0.340 e. The maximum atomic E-state index is 13.6. The summed E-state index contributed by atoms with van der Waals surface area (Å²) in [5.41, 5.74) is 8.51. The minimum absolute atomic E-state index is 0.275. The van der Waals surface area contributed by atoms with Gasteiger partial charge in [-0.15, -0.1) is 0 Å². The van der Waals surface area contributed by atoms with Crippen molar-refractivity contribution in [2.45, 2.75) is 20.4 Å². The summed E-state index contributed by atoms with van der Waals surface area (Å²) in [4.78, 5) is 4.57. The molecule has 7 aromatic rings. The third kappa shape index (κ3) is 6.77. The predicted octanol–water partition coefficient (Wildman–Crippen LogP) is 12.0. The fraction of sp³-hybridized carbons (Fsp3) is 0.143. The van der Waals surface area contributed by atoms with E-state index in [4.69, 9.17) is 9.05 Å². The number of rotatable bonds is 13. The normalized spacial score (nSPS) is 11.6. The third-order valence-corrected chi connectivity index (χ3v) is 10.7. The van der Waals surface area contributed by atoms with Crippen LogP contribution in [0.3, 0.4) is 0 Å². The van der Waals surface area contributed by atoms with Crippen molar-refractivity contribution < 1.29 is 13.6 Å². The highest BCUT2D eigenvalue weighted by Crippen LogP contribution is 2.49. The van der Waals surface area contributed by atoms with E-state index in [1.807, 2.05) is 38.1 Å². The van der Waals surface area contributed by atoms with Gasteiger partial charge >= 0.3 is 7.60 Å². The van der Waals surface area contributed by atoms with Crippen LogP contribution in [0.4, 0.5) is 34.1 Å². The van der Waals surface area contributed by atoms with Crippen LogP contribution in [-0.4, -0.2) is 23.9 Å². The number of anilines is 6. The number of aryl methyl sites for hydroxylation is 1. The summed E-state index contributed by atoms with van der Waals surface area (Å²) in [6.45, 7) is 4.86. The second-order valence-corrected chi connectivity index (χ2v) is 13.9. The number of hydrogen-bond acceptors (Lipinski definition) is 5. The topological polar surface area (TPSA) is 46.9 Å². The fourth-order valence-electron chi connectivity index (χ4n) is 6.58. The van der Waals surface area contributed by atoms with E-state index in [0.717, 1.165) is 55.9 Å². The van der Waals surface area contributed by atoms with Gasteiger partial charge in [-0.1, -0.05) is 72.8 Å². The summed E-state index contributed by atoms with van der Waals surface area (Å²) in [6.07, 6.45) is 0.275. The van der Waals surface area contributed by atoms with E-state index in [0.29, 0.717) is 19.8 Å². The van der Waals surface area contributed by atoms with Gasteiger partial charge in [-0.2, -0.15) is 0 Å². The Labute approximate surface area is 288 Å². The van der Waals surface area contributed by atoms with Crippen molar-refractivity contribution in [2.75, 3.05) is 29.2 Å². The molecule has 0 fully saturated rings. The van der Waals surface area contributed by atoms with Crippen LogP contribution in [-0.2, 0) is 20.2 Å². The molecule has 0 unspecified atom stereocenters. The van der Waals surface area contributed by atoms with E-state index < -0.39 is 7.60 Å². The zero-order valence-corrected chi connectivity index (χ0v) is 28.7. The average Bonchev–Trinajstić information content (AvgIpc) is 3.45. The van der Waals surface area contributed by atoms with Gasteiger partial charge < -0.3 is 23.4 Å². The molecule has 0 aliphatic carbocycles. The molecule has 0 N–H and O–H groups in total. The molecule has 246 valence electrons. The summed E-state index contributed by atoms with van der Waals surface area (Å²) in [7, 11) is -3.26. The number of fused-ring (bicyclic) bond motifs is 3. The van der Waals surface area contributed by atoms with Crippen molar-refractivity contribution in [3.8, 4) is 0 Å². The molecule has 1 aromatic heterocycles. The molecule has 0 spiro atoms. The number of nitrogens with zero attached hydrogens (tertiary/aromatic N) is 3. The Hall–Kier alpha value is -5.13. The highest BCUT2D eigenvalue weighted by Gasteiger charge is 2.25. The highest BCUT2D eigenvalue weighted by atomic mass is 31.2. The van der Waals surface area contributed by atoms with Gasteiger partial charge in [-0.05, 0) is 98.8 Å². The van der Waals surface area contributed by atoms with Crippen LogP contribution in [0.1, 0.15) is 13.8 Å². The first-order valence-corrected chi connectivity index (χ1v) is 18.6. The molecule has 0 saturated heterocycles. The molecule has 0 aliphatic rings. The monoisotopic (exact) mass is 665 g/mol. The first-order chi connectivity index (χ1) is 24.1. The van der Waals surface area contributed by atoms with Crippen LogP contribution in [0.25, 0.3) is 21.8 Å². The largest absolute Gasteiger partial charge is 0.340 e. The van der Waals surface area contributed by atoms with E-state index in [9.17, 15) is 4.57 Å². The molecule has 0 amide bonds. The van der Waals surface area contributed by atoms with Crippen molar-refractivity contribution in [3.05, 3.63) is 158 Å². The molecule has 0 bridgehead atoms. The summed E-state index contributed by atoms with van der Waals surface area (Å²) in [5.74, 6) is 0. The lowest BCUT2D eigenvalue weighted by Crippen LogP contribution is -2.10. The molecule has 7 rings (SSSR count). The standard InChI is InChI=1S/C42H40N3O3P/c1-3-47-49(46,48-4-2)30-29-43-41-27-25-37(44(33-17-9-5-10-18-33)34-19-11-6-12-20-34)31-39(41)40-32-38(26-28-42(40)43)45(35-21-13-7-14-22-35)36-23-15-8-16-24-36/h5-28,31-32H,3-4,29-30H2,1-2H3. The Bertz CT molecular complexity index is 1960. The van der Waals surface area contributed by atoms with Gasteiger partial charge in [0.05, 0.1) is 19.4 Å². The van der Waals surface area contributed by atoms with Gasteiger partial charge in [0.25, 0.3) is 0 Å². The zero-order chi connectivity index (χ0) is 33.6. The first kappa shape index (κ1) is 32.4. The number of aromatic nitrogens is 1. The molecule has 6 aromatic carbocycles. The van der Waals surface area contributed by atoms with Crippen LogP contribution in [0.5, 0.6) is 0 Å². The van der Waals surface area contributed by atoms with E-state index in [-0.39, 0.29) is 6.16 Å². The Morgan fingerprint density at radius 3 is 1.16 bits per heavy atom. The van der Waals surface area contributed by atoms with Crippen molar-refractivity contribution in [1.29, 1.82) is 0 Å². The van der Waals surface area contributed by atoms with Crippen LogP contribution in [0.2, 0.25) is 0 Å². The summed E-state index contributed by atoms with van der Waals surface area (Å²) < 4.78 is 27.3. The molecule has 0 radical (unpaired) electrons. The molecule has 0 atom stereocenters. The predicted molar refractivity (Wildman–Crippen MR) is 205 cm³/mol. The van der Waals surface area contributed by atoms with E-state index >= 15 is 0 Å². The van der Waals surface area contributed by atoms with Crippen molar-refractivity contribution >= 4 is 63.5 Å². The summed E-state index contributed by atoms with van der Waals surface area (Å²) in [5, 5.41) is 2.21. The van der Waals surface area contributed by atoms with Crippen molar-refractivity contribution in [3.63, 3.8) is 0 Å². The van der Waals surface area contributed by atoms with Gasteiger partial charge in [0.1, 0.15) is 0 Å². The van der Waals surface area contributed by atoms with Crippen LogP contribution < -0.4 is 9.80 Å². The summed E-state index contributed by atoms with van der Waals surface area (Å²) in [6, 6.07) is 55.0. The molecule has 49 heavy (non-hydrogen) atoms. The lowest BCUT2D eigenvalue weighted by Gasteiger charge is -2.26. The second kappa shape index (κ2) is 14.6. The van der Waals surface area contributed by atoms with Gasteiger partial charge in [0, 0.05) is 62.5 Å². The Morgan fingerprint density at radius 1 is 0.490 bits per heavy atom. The maximum Gasteiger partial charge on any atom is 0.332 e. The second-order valence-electron chi connectivity index (χ2n) is 11.7. The van der Waals surface area contributed by atoms with Crippen molar-refractivity contribution in [1.82, 2.24) is 4.57 Å². The van der Waals surface area contributed by atoms with E-state index in [1.54, 1.807) is 0 Å². The zero-order valence-electron chi connectivity index (χ0n) is 27.9. The maximum absolute atomic E-state index is 13.6. The van der Waals surface area contributed by atoms with Crippen LogP contribution in [0.15, 0.2) is 158 Å². The fourth-order valence-corrected chi connectivity index (χ4v) is 8.15. The van der Waals surface area contributed by atoms with Crippen LogP contribution >= 0.6 is 7.60 Å². The average molecular weight is 666 g/mol. The molecule has 7 heteroatoms. The molecule has 0 saturated carbocycles. The highest BCUT2D eigenvalue weighted by molar-refractivity contribution is 7.53. The van der Waals surface area contributed by atoms with Gasteiger partial charge in [0.2, 0.25) is 0 Å². The Balaban J connectivity index is 1.43. The first-order valence-electron chi connectivity index (χ1n) is 16.8. The molecular weight excluding hydrogens is 625 g/mol. The van der Waals surface area contributed by atoms with Crippen LogP contribution in [0, 0.1) is 0 Å². The SMILES string of the molecule is CCOP(=O)(CCn1c2ccc(N(c3ccccc3)c3ccccc3)cc2c2cc(N(c3ccccc3)c3ccccc3)ccc21)OCC. The Kier molecular flexibility index (Phi) is 9.63. The molecule has 6 nitrogen and oxygen atoms in total. The van der Waals surface area contributed by atoms with Crippen molar-refractivity contribution in [2.24, 2.45) is 0 Å². The molecular formula is C42H40N3O3P. The third-order valence-electron chi connectivity index (χ3n) is 8.66. The number of para-hydroxylation sites is 4. The number of hydrogen-bond donors (Lipinski definition) is 0. The smallest absolute Gasteiger partial charge is 0.332 e. The lowest BCUT2D eigenvalue weighted by molar-refractivity contribution is 0.219. The van der Waals surface area contributed by atoms with Gasteiger partial charge in [0.15, 0.2) is 0 Å². The number of benzene rings is 6. The molecule has 0 aliphatic heterocycles. The van der Waals surface area contributed by atoms with E-state index in [1.165, 1.54) is 0 Å². The van der Waals surface area contributed by atoms with E-state index in [2.05, 4.69) is 148 Å². The summed E-state index contributed by atoms with van der Waals surface area (Å²) >= 11 is 0. The minimum atomic E-state index is -3.26. The van der Waals surface area contributed by atoms with Gasteiger partial charge in [-0.25, -0.2) is 0 Å². The van der Waals surface area contributed by atoms with Gasteiger partial charge in [-0.3, -0.25) is 4.57 Å². The quantitative estimate of drug-likeness (QED) is 0.115. The lowest BCUT2D eigenvalue weighted by atomic mass is 10.1. The Morgan fingerprint density at radius 2 is 0.837 bits per heavy atom.